The maximum atomic E-state index is 14.1. The minimum Gasteiger partial charge on any atom is -0.493 e. The van der Waals surface area contributed by atoms with E-state index in [1.165, 1.54) is 122 Å². The first-order valence-electron chi connectivity index (χ1n) is 28.8. The Morgan fingerprint density at radius 2 is 1.05 bits per heavy atom. The molecule has 1 saturated heterocycles. The van der Waals surface area contributed by atoms with E-state index in [2.05, 4.69) is 98.5 Å². The van der Waals surface area contributed by atoms with E-state index in [1.807, 2.05) is 42.5 Å². The highest BCUT2D eigenvalue weighted by Crippen LogP contribution is 2.59. The summed E-state index contributed by atoms with van der Waals surface area (Å²) in [5.74, 6) is -0.495. The number of carbonyl (C=O) groups excluding carboxylic acids is 4. The molecule has 0 amide bonds. The lowest BCUT2D eigenvalue weighted by Gasteiger charge is -2.38. The molecule has 0 spiro atoms. The molecule has 2 heterocycles. The summed E-state index contributed by atoms with van der Waals surface area (Å²) >= 11 is 0. The molecule has 11 nitrogen and oxygen atoms in total. The van der Waals surface area contributed by atoms with Gasteiger partial charge in [-0.2, -0.15) is 0 Å². The number of hydrogen-bond donors (Lipinski definition) is 0. The van der Waals surface area contributed by atoms with Crippen molar-refractivity contribution in [1.29, 1.82) is 0 Å². The van der Waals surface area contributed by atoms with Crippen molar-refractivity contribution in [2.24, 2.45) is 0 Å². The zero-order chi connectivity index (χ0) is 58.0. The van der Waals surface area contributed by atoms with Gasteiger partial charge in [-0.3, -0.25) is 0 Å². The van der Waals surface area contributed by atoms with Crippen molar-refractivity contribution >= 4 is 46.4 Å². The largest absolute Gasteiger partial charge is 0.493 e. The van der Waals surface area contributed by atoms with Gasteiger partial charge in [0.2, 0.25) is 0 Å². The van der Waals surface area contributed by atoms with Crippen LogP contribution in [0.1, 0.15) is 134 Å². The summed E-state index contributed by atoms with van der Waals surface area (Å²) in [7, 11) is 1.55. The first-order chi connectivity index (χ1) is 40.9. The molecule has 3 aliphatic rings. The lowest BCUT2D eigenvalue weighted by atomic mass is 9.76. The molecule has 12 rings (SSSR count). The molecule has 0 N–H and O–H groups in total. The van der Waals surface area contributed by atoms with E-state index in [0.29, 0.717) is 17.1 Å². The summed E-state index contributed by atoms with van der Waals surface area (Å²) in [5, 5.41) is 1.65. The monoisotopic (exact) mass is 1110 g/mol. The molecule has 0 radical (unpaired) electrons. The molecular formula is C73H63NO10. The minimum absolute atomic E-state index is 0.195. The standard InChI is InChI=1S/C73H63NO10/c1-5-6-7-9-16-47-21-23-48(24-22-47)68(75)80-55-35-25-49(26-36-55)69(76)81-56-37-27-50(28-38-56)70(77)82-57-39-29-51(30-40-57)71(78)83-64-45-60-61(46-63(64)79-4)67-59(66-65(60)58-19-12-13-20-62(58)72(66,2)3)41-42-73(84-67,52-17-10-8-11-18-52)53-31-33-54(34-32-53)74-43-14-15-44-74/h8,10-13,17-42,45-46H,5-7,9,14-16,43-44H2,1-4H3. The Morgan fingerprint density at radius 1 is 0.536 bits per heavy atom. The summed E-state index contributed by atoms with van der Waals surface area (Å²) in [4.78, 5) is 55.7. The molecule has 1 unspecified atom stereocenters. The van der Waals surface area contributed by atoms with Crippen LogP contribution in [0, 0.1) is 0 Å². The first-order valence-corrected chi connectivity index (χ1v) is 28.8. The topological polar surface area (TPSA) is 127 Å². The summed E-state index contributed by atoms with van der Waals surface area (Å²) in [5.41, 5.74) is 9.46. The number of fused-ring (bicyclic) bond motifs is 8. The molecule has 0 aromatic heterocycles. The lowest BCUT2D eigenvalue weighted by Crippen LogP contribution is -2.35. The van der Waals surface area contributed by atoms with E-state index in [9.17, 15) is 19.2 Å². The zero-order valence-electron chi connectivity index (χ0n) is 47.4. The van der Waals surface area contributed by atoms with Crippen LogP contribution in [0.5, 0.6) is 34.5 Å². The third kappa shape index (κ3) is 10.7. The third-order valence-electron chi connectivity index (χ3n) is 16.4. The van der Waals surface area contributed by atoms with Crippen molar-refractivity contribution in [3.63, 3.8) is 0 Å². The van der Waals surface area contributed by atoms with E-state index in [0.717, 1.165) is 70.1 Å². The van der Waals surface area contributed by atoms with Crippen LogP contribution >= 0.6 is 0 Å². The average molecular weight is 1110 g/mol. The van der Waals surface area contributed by atoms with Crippen LogP contribution in [0.25, 0.3) is 28.0 Å². The van der Waals surface area contributed by atoms with Gasteiger partial charge in [-0.15, -0.1) is 0 Å². The number of aryl methyl sites for hydroxylation is 1. The number of carbonyl (C=O) groups is 4. The predicted octanol–water partition coefficient (Wildman–Crippen LogP) is 16.1. The Kier molecular flexibility index (Phi) is 15.2. The van der Waals surface area contributed by atoms with Gasteiger partial charge >= 0.3 is 23.9 Å². The highest BCUT2D eigenvalue weighted by molar-refractivity contribution is 6.10. The number of hydrogen-bond acceptors (Lipinski definition) is 11. The predicted molar refractivity (Wildman–Crippen MR) is 326 cm³/mol. The number of ether oxygens (including phenoxy) is 6. The van der Waals surface area contributed by atoms with Crippen molar-refractivity contribution in [3.8, 4) is 45.6 Å². The summed E-state index contributed by atoms with van der Waals surface area (Å²) < 4.78 is 36.6. The minimum atomic E-state index is -0.978. The summed E-state index contributed by atoms with van der Waals surface area (Å²) in [6.45, 7) is 8.78. The molecule has 2 aliphatic heterocycles. The fourth-order valence-corrected chi connectivity index (χ4v) is 12.0. The number of benzene rings is 9. The van der Waals surface area contributed by atoms with Gasteiger partial charge in [0.15, 0.2) is 17.1 Å². The van der Waals surface area contributed by atoms with Gasteiger partial charge in [0.25, 0.3) is 0 Å². The van der Waals surface area contributed by atoms with Crippen LogP contribution in [-0.4, -0.2) is 44.1 Å². The Balaban J connectivity index is 0.737. The van der Waals surface area contributed by atoms with Crippen molar-refractivity contribution in [3.05, 3.63) is 250 Å². The molecule has 0 bridgehead atoms. The average Bonchev–Trinajstić information content (AvgIpc) is 1.62. The Labute approximate surface area is 489 Å². The van der Waals surface area contributed by atoms with Gasteiger partial charge in [-0.05, 0) is 174 Å². The van der Waals surface area contributed by atoms with Gasteiger partial charge in [-0.25, -0.2) is 19.2 Å². The fourth-order valence-electron chi connectivity index (χ4n) is 12.0. The van der Waals surface area contributed by atoms with Crippen LogP contribution in [0.2, 0.25) is 0 Å². The van der Waals surface area contributed by atoms with E-state index in [4.69, 9.17) is 28.4 Å². The number of rotatable bonds is 17. The van der Waals surface area contributed by atoms with Gasteiger partial charge in [0.05, 0.1) is 29.4 Å². The van der Waals surface area contributed by atoms with E-state index >= 15 is 0 Å². The third-order valence-corrected chi connectivity index (χ3v) is 16.4. The zero-order valence-corrected chi connectivity index (χ0v) is 47.4. The SMILES string of the molecule is CCCCCCc1ccc(C(=O)Oc2ccc(C(=O)Oc3ccc(C(=O)Oc4ccc(C(=O)Oc5cc6c7c(c8c(c6cc5OC)OC(c5ccccc5)(c5ccc(N6CCCC6)cc5)C=C8)C(C)(C)c5ccccc5-7)cc4)cc3)cc2)cc1. The van der Waals surface area contributed by atoms with Crippen molar-refractivity contribution in [2.75, 3.05) is 25.1 Å². The maximum Gasteiger partial charge on any atom is 0.343 e. The number of methoxy groups -OCH3 is 1. The van der Waals surface area contributed by atoms with E-state index in [-0.39, 0.29) is 39.7 Å². The van der Waals surface area contributed by atoms with Crippen LogP contribution in [0.3, 0.4) is 0 Å². The summed E-state index contributed by atoms with van der Waals surface area (Å²) in [6.07, 6.45) is 12.5. The van der Waals surface area contributed by atoms with Crippen molar-refractivity contribution in [1.82, 2.24) is 0 Å². The molecule has 9 aromatic carbocycles. The number of anilines is 1. The Bertz CT molecular complexity index is 3980. The second kappa shape index (κ2) is 23.3. The Hall–Kier alpha value is -9.74. The molecule has 1 fully saturated rings. The van der Waals surface area contributed by atoms with Crippen molar-refractivity contribution < 1.29 is 47.6 Å². The smallest absolute Gasteiger partial charge is 0.343 e. The van der Waals surface area contributed by atoms with Crippen LogP contribution in [0.15, 0.2) is 194 Å². The van der Waals surface area contributed by atoms with Gasteiger partial charge < -0.3 is 33.3 Å². The number of unbranched alkanes of at least 4 members (excludes halogenated alkanes) is 3. The van der Waals surface area contributed by atoms with Gasteiger partial charge in [0.1, 0.15) is 23.0 Å². The van der Waals surface area contributed by atoms with E-state index in [1.54, 1.807) is 19.2 Å². The number of esters is 4. The van der Waals surface area contributed by atoms with Gasteiger partial charge in [0, 0.05) is 46.3 Å². The van der Waals surface area contributed by atoms with Crippen LogP contribution in [0.4, 0.5) is 5.69 Å². The molecule has 0 saturated carbocycles. The first kappa shape index (κ1) is 54.8. The van der Waals surface area contributed by atoms with Gasteiger partial charge in [-0.1, -0.05) is 125 Å². The highest BCUT2D eigenvalue weighted by Gasteiger charge is 2.44. The highest BCUT2D eigenvalue weighted by atomic mass is 16.6. The normalized spacial score (nSPS) is 15.3. The molecule has 420 valence electrons. The quantitative estimate of drug-likeness (QED) is 0.0491. The summed E-state index contributed by atoms with van der Waals surface area (Å²) in [6, 6.07) is 56.9. The number of nitrogens with zero attached hydrogens (tertiary/aromatic N) is 1. The molecule has 84 heavy (non-hydrogen) atoms. The second-order valence-electron chi connectivity index (χ2n) is 22.1. The van der Waals surface area contributed by atoms with Crippen molar-refractivity contribution in [2.45, 2.75) is 76.7 Å². The second-order valence-corrected chi connectivity index (χ2v) is 22.1. The molecule has 1 aliphatic carbocycles. The Morgan fingerprint density at radius 3 is 1.61 bits per heavy atom. The van der Waals surface area contributed by atoms with E-state index < -0.39 is 34.9 Å². The maximum absolute atomic E-state index is 14.1. The molecule has 9 aromatic rings. The molecule has 1 atom stereocenters. The van der Waals surface area contributed by atoms with Crippen LogP contribution < -0.4 is 33.3 Å². The molecule has 11 heteroatoms. The molecular weight excluding hydrogens is 1050 g/mol. The lowest BCUT2D eigenvalue weighted by molar-refractivity contribution is 0.0720. The fraction of sp³-hybridized carbons (Fsp3) is 0.205. The van der Waals surface area contributed by atoms with Crippen LogP contribution in [-0.2, 0) is 17.4 Å².